The van der Waals surface area contributed by atoms with Crippen LogP contribution in [0.5, 0.6) is 0 Å². The molecule has 1 aliphatic rings. The fourth-order valence-corrected chi connectivity index (χ4v) is 12.9. The van der Waals surface area contributed by atoms with Gasteiger partial charge in [0.15, 0.2) is 33.9 Å². The number of nitrogens with one attached hydrogen (secondary N) is 2. The summed E-state index contributed by atoms with van der Waals surface area (Å²) in [7, 11) is 0. The minimum atomic E-state index is 0.887. The van der Waals surface area contributed by atoms with Gasteiger partial charge in [-0.25, -0.2) is 72.4 Å². The number of hydrogen-bond acceptors (Lipinski definition) is 20. The van der Waals surface area contributed by atoms with E-state index < -0.39 is 0 Å². The second kappa shape index (κ2) is 47.2. The van der Waals surface area contributed by atoms with Gasteiger partial charge in [-0.2, -0.15) is 25.5 Å². The van der Waals surface area contributed by atoms with Gasteiger partial charge in [0.05, 0.1) is 71.2 Å². The van der Waals surface area contributed by atoms with Gasteiger partial charge >= 0.3 is 0 Å². The van der Waals surface area contributed by atoms with E-state index in [2.05, 4.69) is 162 Å². The van der Waals surface area contributed by atoms with Crippen LogP contribution in [0, 0.1) is 0 Å². The molecule has 0 saturated carbocycles. The van der Waals surface area contributed by atoms with Gasteiger partial charge in [-0.05, 0) is 181 Å². The summed E-state index contributed by atoms with van der Waals surface area (Å²) in [5, 5.41) is 30.1. The van der Waals surface area contributed by atoms with Crippen LogP contribution in [0.4, 0.5) is 0 Å². The van der Waals surface area contributed by atoms with Gasteiger partial charge in [0.25, 0.3) is 0 Å². The van der Waals surface area contributed by atoms with Gasteiger partial charge in [0.2, 0.25) is 0 Å². The van der Waals surface area contributed by atoms with Crippen LogP contribution >= 0.6 is 0 Å². The Kier molecular flexibility index (Phi) is 31.0. The first-order valence-electron chi connectivity index (χ1n) is 42.1. The SMILES string of the molecule is c1cc2n(c1)CCC2.c1cc2nc[nH]c2cn1.c1cc2nccn2cn1.c1ccc2c[nH]cc2c1.c1ccn2cccc2c1.c1ccn2ccnc2c1.c1ccn2cncc2c1.c1ccn2cnnc2c1.c1ccn2nccc2c1.c1ccn2ncnc2c1.c1cn2ccnc2cn1.c1cn2ccnc2cn1.c1cnc2ccnn2c1.c1cnn2cccc2c1.c1cnn2ccnc2c1. The zero-order valence-corrected chi connectivity index (χ0v) is 72.0. The highest BCUT2D eigenvalue weighted by molar-refractivity contribution is 5.81. The first-order chi connectivity index (χ1) is 66.5. The molecule has 28 aromatic heterocycles. The number of aryl methyl sites for hydroxylation is 2. The van der Waals surface area contributed by atoms with Crippen molar-refractivity contribution in [1.29, 1.82) is 0 Å². The standard InChI is InChI=1S/2C8H7N.4C7H6N2.C7H9N.8C6H5N3/c1-2-6-9-7-3-5-8(9)4-1;1-2-4-8-6-9-5-7(8)3-1;1-3-7-4-2-6-9(7)8-5-1;1-2-6-9-7(3-1)4-5-8-9;1-2-5-9-6-4-8-7(9)3-1;1-2-4-9-6-8-5-7(9)3-1;1-3-7-4-2-6-8(7)5-1;2*1-3-9-4-2-8-6(9)5-7-1;1-3-7-6-2-4-8-9(6)5-1;1-2-7-3-6-5(1)8-4-9-6;1-2-7-5-9-4-3-8-6(1)9;1-2-6-7-4-5-9(6)8-3-1;1-2-4-9-5-7-8-6(9)3-1;1-2-4-9-6(3-1)7-5-8-9/h1-7H;1-6,9H;4*1-6H;1,3,5H,2,4,6H2;3*1-5H;1-4H,(H,8,9);4*1-5H. The maximum absolute atomic E-state index is 4.08. The maximum Gasteiger partial charge on any atom is 0.160 e. The number of rotatable bonds is 0. The third kappa shape index (κ3) is 25.4. The van der Waals surface area contributed by atoms with Crippen molar-refractivity contribution in [3.8, 4) is 0 Å². The summed E-state index contributed by atoms with van der Waals surface area (Å²) in [6.07, 6.45) is 79.2. The highest BCUT2D eigenvalue weighted by Crippen LogP contribution is 2.15. The van der Waals surface area contributed by atoms with E-state index in [1.807, 2.05) is 341 Å². The van der Waals surface area contributed by atoms with Crippen molar-refractivity contribution in [3.63, 3.8) is 0 Å². The molecule has 134 heavy (non-hydrogen) atoms. The number of fused-ring (bicyclic) bond motifs is 15. The van der Waals surface area contributed by atoms with E-state index in [9.17, 15) is 0 Å². The van der Waals surface area contributed by atoms with Crippen molar-refractivity contribution in [2.45, 2.75) is 19.4 Å². The highest BCUT2D eigenvalue weighted by atomic mass is 15.3. The van der Waals surface area contributed by atoms with E-state index in [4.69, 9.17) is 0 Å². The van der Waals surface area contributed by atoms with E-state index in [0.29, 0.717) is 0 Å². The van der Waals surface area contributed by atoms with E-state index in [1.54, 1.807) is 144 Å². The van der Waals surface area contributed by atoms with Crippen LogP contribution in [0.25, 0.3) is 89.1 Å². The molecule has 0 radical (unpaired) electrons. The molecule has 29 aromatic rings. The van der Waals surface area contributed by atoms with Crippen molar-refractivity contribution in [1.82, 2.24) is 168 Å². The molecule has 0 aliphatic carbocycles. The highest BCUT2D eigenvalue weighted by Gasteiger charge is 2.06. The molecule has 0 saturated heterocycles. The number of nitrogens with zero attached hydrogens (tertiary/aromatic N) is 33. The molecule has 30 rings (SSSR count). The molecule has 0 bridgehead atoms. The van der Waals surface area contributed by atoms with Crippen LogP contribution in [0.15, 0.2) is 485 Å². The lowest BCUT2D eigenvalue weighted by atomic mass is 10.2. The van der Waals surface area contributed by atoms with E-state index in [1.165, 1.54) is 47.7 Å². The van der Waals surface area contributed by atoms with Crippen LogP contribution in [0.1, 0.15) is 12.1 Å². The minimum absolute atomic E-state index is 0.887. The number of H-pyrrole nitrogens is 2. The van der Waals surface area contributed by atoms with Crippen molar-refractivity contribution in [3.05, 3.63) is 491 Å². The first kappa shape index (κ1) is 88.0. The summed E-state index contributed by atoms with van der Waals surface area (Å²) >= 11 is 0. The predicted octanol–water partition coefficient (Wildman–Crippen LogP) is 16.9. The van der Waals surface area contributed by atoms with E-state index >= 15 is 0 Å². The Labute approximate surface area is 763 Å². The predicted molar refractivity (Wildman–Crippen MR) is 514 cm³/mol. The van der Waals surface area contributed by atoms with Gasteiger partial charge in [-0.3, -0.25) is 23.8 Å². The van der Waals surface area contributed by atoms with Crippen molar-refractivity contribution >= 4 is 89.1 Å². The van der Waals surface area contributed by atoms with Crippen LogP contribution < -0.4 is 0 Å². The summed E-state index contributed by atoms with van der Waals surface area (Å²) in [6.45, 7) is 1.24. The molecule has 35 nitrogen and oxygen atoms in total. The van der Waals surface area contributed by atoms with Crippen LogP contribution in [0.2, 0.25) is 0 Å². The van der Waals surface area contributed by atoms with Crippen LogP contribution in [-0.2, 0) is 13.0 Å². The molecular formula is C99H87N35. The van der Waals surface area contributed by atoms with Crippen LogP contribution in [0.3, 0.4) is 0 Å². The average molecular weight is 1770 g/mol. The Balaban J connectivity index is 0.000000104. The monoisotopic (exact) mass is 1770 g/mol. The minimum Gasteiger partial charge on any atom is -0.366 e. The Bertz CT molecular complexity index is 6130. The second-order valence-electron chi connectivity index (χ2n) is 28.2. The Morgan fingerprint density at radius 3 is 1.44 bits per heavy atom. The second-order valence-corrected chi connectivity index (χ2v) is 28.2. The summed E-state index contributed by atoms with van der Waals surface area (Å²) in [4.78, 5) is 57.8. The zero-order valence-electron chi connectivity index (χ0n) is 72.0. The lowest BCUT2D eigenvalue weighted by Crippen LogP contribution is -1.86. The Hall–Kier alpha value is -19.5. The topological polar surface area (TPSA) is 347 Å². The molecule has 2 N–H and O–H groups in total. The quantitative estimate of drug-likeness (QED) is 0.142. The largest absolute Gasteiger partial charge is 0.366 e. The number of benzene rings is 1. The van der Waals surface area contributed by atoms with Gasteiger partial charge in [-0.15, -0.1) is 10.2 Å². The normalized spacial score (nSPS) is 10.6. The summed E-state index contributed by atoms with van der Waals surface area (Å²) in [5.41, 5.74) is 15.4. The van der Waals surface area contributed by atoms with Gasteiger partial charge in [0.1, 0.15) is 30.3 Å². The third-order valence-corrected chi connectivity index (χ3v) is 19.5. The summed E-state index contributed by atoms with van der Waals surface area (Å²) in [6, 6.07) is 73.4. The van der Waals surface area contributed by atoms with Crippen molar-refractivity contribution in [2.24, 2.45) is 0 Å². The van der Waals surface area contributed by atoms with Crippen LogP contribution in [-0.4, -0.2) is 168 Å². The molecule has 0 fully saturated rings. The number of imidazole rings is 7. The van der Waals surface area contributed by atoms with Gasteiger partial charge in [0, 0.05) is 222 Å². The van der Waals surface area contributed by atoms with E-state index in [0.717, 1.165) is 72.8 Å². The lowest BCUT2D eigenvalue weighted by Gasteiger charge is -1.90. The Morgan fingerprint density at radius 2 is 0.731 bits per heavy atom. The maximum atomic E-state index is 4.08. The molecule has 0 spiro atoms. The number of hydrogen-bond donors (Lipinski definition) is 2. The fraction of sp³-hybridized carbons (Fsp3) is 0.0303. The average Bonchev–Trinajstić information content (AvgIpc) is 1.72. The number of aromatic nitrogens is 35. The molecule has 0 amide bonds. The van der Waals surface area contributed by atoms with E-state index in [-0.39, 0.29) is 0 Å². The third-order valence-electron chi connectivity index (χ3n) is 19.5. The number of aromatic amines is 2. The molecule has 35 heteroatoms. The fourth-order valence-electron chi connectivity index (χ4n) is 12.9. The van der Waals surface area contributed by atoms with Gasteiger partial charge in [-0.1, -0.05) is 60.7 Å². The zero-order chi connectivity index (χ0) is 90.9. The first-order valence-corrected chi connectivity index (χ1v) is 42.1. The van der Waals surface area contributed by atoms with Crippen molar-refractivity contribution < 1.29 is 0 Å². The molecule has 1 aromatic carbocycles. The summed E-state index contributed by atoms with van der Waals surface area (Å²) in [5.74, 6) is 0. The molecular weight excluding hydrogens is 1680 g/mol. The molecule has 658 valence electrons. The number of pyridine rings is 7. The van der Waals surface area contributed by atoms with Gasteiger partial charge < -0.3 is 36.5 Å². The molecule has 29 heterocycles. The van der Waals surface area contributed by atoms with Crippen molar-refractivity contribution in [2.75, 3.05) is 0 Å². The lowest BCUT2D eigenvalue weighted by molar-refractivity contribution is 0.750. The Morgan fingerprint density at radius 1 is 0.254 bits per heavy atom. The smallest absolute Gasteiger partial charge is 0.160 e. The molecule has 0 unspecified atom stereocenters. The molecule has 0 atom stereocenters. The summed E-state index contributed by atoms with van der Waals surface area (Å²) < 4.78 is 24.7. The molecule has 1 aliphatic heterocycles.